The molecule has 2 aromatic heterocycles. The number of benzene rings is 2. The van der Waals surface area contributed by atoms with E-state index in [0.29, 0.717) is 10.2 Å². The summed E-state index contributed by atoms with van der Waals surface area (Å²) in [5.41, 5.74) is 0.832. The van der Waals surface area contributed by atoms with Crippen LogP contribution < -0.4 is 10.3 Å². The minimum atomic E-state index is -0.983. The van der Waals surface area contributed by atoms with Gasteiger partial charge in [-0.3, -0.25) is 14.5 Å². The Morgan fingerprint density at radius 3 is 2.72 bits per heavy atom. The highest BCUT2D eigenvalue weighted by Crippen LogP contribution is 2.42. The van der Waals surface area contributed by atoms with Gasteiger partial charge >= 0.3 is 0 Å². The molecule has 1 atom stereocenters. The van der Waals surface area contributed by atoms with Crippen molar-refractivity contribution in [3.05, 3.63) is 91.5 Å². The fourth-order valence-corrected chi connectivity index (χ4v) is 4.59. The molecule has 1 aliphatic heterocycles. The van der Waals surface area contributed by atoms with E-state index >= 15 is 0 Å². The zero-order valence-electron chi connectivity index (χ0n) is 15.0. The summed E-state index contributed by atoms with van der Waals surface area (Å²) < 4.78 is 20.6. The van der Waals surface area contributed by atoms with Crippen LogP contribution in [0.4, 0.5) is 9.52 Å². The van der Waals surface area contributed by atoms with Crippen molar-refractivity contribution in [2.75, 3.05) is 4.90 Å². The summed E-state index contributed by atoms with van der Waals surface area (Å²) in [5.74, 6) is -1.16. The number of fused-ring (bicyclic) bond motifs is 2. The standard InChI is InChI=1S/C21H12ClFN2O3S/c1-10-9-29-21(24-10)25-17(12-4-2-3-5-14(12)23)16-18(26)13-8-11(22)6-7-15(13)28-19(16)20(25)27/h2-9,17H,1H3/t17-/m1/s1. The Kier molecular flexibility index (Phi) is 4.04. The predicted octanol–water partition coefficient (Wildman–Crippen LogP) is 5.10. The number of nitrogens with zero attached hydrogens (tertiary/aromatic N) is 2. The molecule has 1 aliphatic rings. The van der Waals surface area contributed by atoms with Gasteiger partial charge in [0, 0.05) is 16.0 Å². The highest BCUT2D eigenvalue weighted by atomic mass is 35.5. The first-order valence-electron chi connectivity index (χ1n) is 8.72. The van der Waals surface area contributed by atoms with Crippen molar-refractivity contribution in [1.82, 2.24) is 4.98 Å². The minimum Gasteiger partial charge on any atom is -0.450 e. The molecule has 0 N–H and O–H groups in total. The van der Waals surface area contributed by atoms with Crippen LogP contribution >= 0.6 is 22.9 Å². The molecule has 0 radical (unpaired) electrons. The molecule has 5 nitrogen and oxygen atoms in total. The van der Waals surface area contributed by atoms with Gasteiger partial charge in [-0.05, 0) is 31.2 Å². The molecule has 0 fully saturated rings. The van der Waals surface area contributed by atoms with E-state index in [0.717, 1.165) is 5.69 Å². The second kappa shape index (κ2) is 6.50. The van der Waals surface area contributed by atoms with Gasteiger partial charge < -0.3 is 4.42 Å². The molecule has 8 heteroatoms. The molecule has 3 heterocycles. The van der Waals surface area contributed by atoms with Gasteiger partial charge in [0.25, 0.3) is 5.91 Å². The SMILES string of the molecule is Cc1csc(N2C(=O)c3oc4ccc(Cl)cc4c(=O)c3[C@H]2c2ccccc2F)n1. The first kappa shape index (κ1) is 18.0. The molecular weight excluding hydrogens is 415 g/mol. The Labute approximate surface area is 173 Å². The van der Waals surface area contributed by atoms with Crippen molar-refractivity contribution in [1.29, 1.82) is 0 Å². The van der Waals surface area contributed by atoms with Gasteiger partial charge in [0.1, 0.15) is 17.4 Å². The van der Waals surface area contributed by atoms with E-state index in [1.165, 1.54) is 28.4 Å². The topological polar surface area (TPSA) is 63.4 Å². The Morgan fingerprint density at radius 1 is 1.21 bits per heavy atom. The smallest absolute Gasteiger partial charge is 0.297 e. The van der Waals surface area contributed by atoms with Crippen LogP contribution in [0.5, 0.6) is 0 Å². The summed E-state index contributed by atoms with van der Waals surface area (Å²) in [6, 6.07) is 9.68. The molecule has 0 saturated heterocycles. The van der Waals surface area contributed by atoms with Gasteiger partial charge in [0.05, 0.1) is 16.6 Å². The highest BCUT2D eigenvalue weighted by molar-refractivity contribution is 7.14. The third kappa shape index (κ3) is 2.69. The van der Waals surface area contributed by atoms with E-state index in [4.69, 9.17) is 16.0 Å². The lowest BCUT2D eigenvalue weighted by Crippen LogP contribution is -2.30. The summed E-state index contributed by atoms with van der Waals surface area (Å²) >= 11 is 7.29. The predicted molar refractivity (Wildman–Crippen MR) is 109 cm³/mol. The normalized spacial score (nSPS) is 15.9. The Hall–Kier alpha value is -3.03. The zero-order valence-corrected chi connectivity index (χ0v) is 16.6. The number of hydrogen-bond acceptors (Lipinski definition) is 5. The van der Waals surface area contributed by atoms with Crippen molar-refractivity contribution < 1.29 is 13.6 Å². The van der Waals surface area contributed by atoms with Crippen molar-refractivity contribution in [2.24, 2.45) is 0 Å². The van der Waals surface area contributed by atoms with E-state index < -0.39 is 23.2 Å². The van der Waals surface area contributed by atoms with Gasteiger partial charge in [-0.25, -0.2) is 9.37 Å². The van der Waals surface area contributed by atoms with Gasteiger partial charge in [0.2, 0.25) is 5.76 Å². The van der Waals surface area contributed by atoms with E-state index in [1.807, 2.05) is 0 Å². The molecular formula is C21H12ClFN2O3S. The lowest BCUT2D eigenvalue weighted by molar-refractivity contribution is 0.0970. The molecule has 4 aromatic rings. The number of aryl methyl sites for hydroxylation is 1. The van der Waals surface area contributed by atoms with Crippen LogP contribution in [0, 0.1) is 12.7 Å². The van der Waals surface area contributed by atoms with Gasteiger partial charge in [-0.1, -0.05) is 29.8 Å². The number of halogens is 2. The van der Waals surface area contributed by atoms with Crippen molar-refractivity contribution in [3.63, 3.8) is 0 Å². The number of rotatable bonds is 2. The molecule has 29 heavy (non-hydrogen) atoms. The number of hydrogen-bond donors (Lipinski definition) is 0. The fraction of sp³-hybridized carbons (Fsp3) is 0.0952. The number of thiazole rings is 1. The van der Waals surface area contributed by atoms with Crippen molar-refractivity contribution in [2.45, 2.75) is 13.0 Å². The quantitative estimate of drug-likeness (QED) is 0.447. The van der Waals surface area contributed by atoms with Crippen LogP contribution in [0.15, 0.2) is 57.1 Å². The lowest BCUT2D eigenvalue weighted by Gasteiger charge is -2.22. The van der Waals surface area contributed by atoms with Crippen molar-refractivity contribution in [3.8, 4) is 0 Å². The molecule has 0 bridgehead atoms. The first-order chi connectivity index (χ1) is 14.0. The maximum atomic E-state index is 14.8. The number of carbonyl (C=O) groups is 1. The summed E-state index contributed by atoms with van der Waals surface area (Å²) in [6.07, 6.45) is 0. The first-order valence-corrected chi connectivity index (χ1v) is 9.98. The van der Waals surface area contributed by atoms with Crippen LogP contribution in [0.25, 0.3) is 11.0 Å². The van der Waals surface area contributed by atoms with Crippen LogP contribution in [0.3, 0.4) is 0 Å². The van der Waals surface area contributed by atoms with Crippen LogP contribution in [-0.2, 0) is 0 Å². The largest absolute Gasteiger partial charge is 0.450 e. The zero-order chi connectivity index (χ0) is 20.3. The average molecular weight is 427 g/mol. The third-order valence-electron chi connectivity index (χ3n) is 4.84. The van der Waals surface area contributed by atoms with Gasteiger partial charge in [-0.15, -0.1) is 11.3 Å². The van der Waals surface area contributed by atoms with Gasteiger partial charge in [0.15, 0.2) is 10.6 Å². The molecule has 5 rings (SSSR count). The summed E-state index contributed by atoms with van der Waals surface area (Å²) in [4.78, 5) is 32.3. The van der Waals surface area contributed by atoms with Crippen molar-refractivity contribution >= 4 is 44.9 Å². The van der Waals surface area contributed by atoms with Crippen LogP contribution in [-0.4, -0.2) is 10.9 Å². The lowest BCUT2D eigenvalue weighted by atomic mass is 9.98. The molecule has 0 unspecified atom stereocenters. The van der Waals surface area contributed by atoms with Gasteiger partial charge in [-0.2, -0.15) is 0 Å². The molecule has 1 amide bonds. The van der Waals surface area contributed by atoms with E-state index in [2.05, 4.69) is 4.98 Å². The maximum Gasteiger partial charge on any atom is 0.297 e. The Balaban J connectivity index is 1.86. The minimum absolute atomic E-state index is 0.0859. The second-order valence-electron chi connectivity index (χ2n) is 6.69. The molecule has 0 saturated carbocycles. The molecule has 0 spiro atoms. The van der Waals surface area contributed by atoms with E-state index in [-0.39, 0.29) is 27.9 Å². The number of amides is 1. The Morgan fingerprint density at radius 2 is 2.00 bits per heavy atom. The summed E-state index contributed by atoms with van der Waals surface area (Å²) in [6.45, 7) is 1.80. The summed E-state index contributed by atoms with van der Waals surface area (Å²) in [5, 5.41) is 2.76. The molecule has 2 aromatic carbocycles. The Bertz CT molecular complexity index is 1360. The number of aromatic nitrogens is 1. The van der Waals surface area contributed by atoms with Crippen LogP contribution in [0.1, 0.15) is 33.4 Å². The maximum absolute atomic E-state index is 14.8. The second-order valence-corrected chi connectivity index (χ2v) is 7.96. The van der Waals surface area contributed by atoms with E-state index in [9.17, 15) is 14.0 Å². The van der Waals surface area contributed by atoms with Crippen LogP contribution in [0.2, 0.25) is 5.02 Å². The summed E-state index contributed by atoms with van der Waals surface area (Å²) in [7, 11) is 0. The molecule has 0 aliphatic carbocycles. The third-order valence-corrected chi connectivity index (χ3v) is 6.04. The molecule has 144 valence electrons. The average Bonchev–Trinajstić information content (AvgIpc) is 3.24. The fourth-order valence-electron chi connectivity index (χ4n) is 3.59. The highest BCUT2D eigenvalue weighted by Gasteiger charge is 2.45. The van der Waals surface area contributed by atoms with E-state index in [1.54, 1.807) is 42.6 Å². The number of carbonyl (C=O) groups excluding carboxylic acids is 1. The monoisotopic (exact) mass is 426 g/mol. The number of anilines is 1.